The first-order valence-electron chi connectivity index (χ1n) is 13.6. The third-order valence-corrected chi connectivity index (χ3v) is 8.27. The van der Waals surface area contributed by atoms with Gasteiger partial charge in [-0.15, -0.1) is 0 Å². The summed E-state index contributed by atoms with van der Waals surface area (Å²) in [6.07, 6.45) is 0.456. The fraction of sp³-hybridized carbons (Fsp3) is 0.929. The first-order chi connectivity index (χ1) is 16.2. The van der Waals surface area contributed by atoms with Crippen molar-refractivity contribution in [3.63, 3.8) is 0 Å². The first-order valence-corrected chi connectivity index (χ1v) is 13.6. The van der Waals surface area contributed by atoms with Gasteiger partial charge in [-0.2, -0.15) is 0 Å². The van der Waals surface area contributed by atoms with Crippen LogP contribution in [0.5, 0.6) is 0 Å². The summed E-state index contributed by atoms with van der Waals surface area (Å²) in [5.41, 5.74) is -1.77. The van der Waals surface area contributed by atoms with Crippen LogP contribution in [0.25, 0.3) is 0 Å². The van der Waals surface area contributed by atoms with Crippen molar-refractivity contribution >= 4 is 11.8 Å². The van der Waals surface area contributed by atoms with E-state index in [2.05, 4.69) is 20.8 Å². The van der Waals surface area contributed by atoms with Gasteiger partial charge in [0, 0.05) is 18.3 Å². The molecular formula is C28H50O7. The second kappa shape index (κ2) is 12.5. The minimum Gasteiger partial charge on any atom is -0.459 e. The SMILES string of the molecule is CC[C@H]1OC(=O)[C@H](C)[C@@H](O[C@H]2C[C@H](C)C[C@H](C)O2)[C@H](C)C[C@@H](C)C[C@@H](C)C(=O)[C@H](C)[C@@H](O)[C@]1(C)O. The molecule has 2 aliphatic rings. The average molecular weight is 499 g/mol. The summed E-state index contributed by atoms with van der Waals surface area (Å²) in [6.45, 7) is 17.0. The van der Waals surface area contributed by atoms with Crippen LogP contribution in [0.2, 0.25) is 0 Å². The maximum atomic E-state index is 13.4. The van der Waals surface area contributed by atoms with E-state index in [0.717, 1.165) is 19.3 Å². The lowest BCUT2D eigenvalue weighted by Crippen LogP contribution is -2.56. The number of ketones is 1. The molecule has 0 unspecified atom stereocenters. The molecule has 2 saturated heterocycles. The molecule has 2 heterocycles. The third kappa shape index (κ3) is 7.50. The second-order valence-corrected chi connectivity index (χ2v) is 12.0. The molecule has 7 heteroatoms. The number of esters is 1. The molecule has 0 saturated carbocycles. The van der Waals surface area contributed by atoms with Crippen molar-refractivity contribution in [2.45, 2.75) is 131 Å². The molecule has 2 N–H and O–H groups in total. The molecular weight excluding hydrogens is 448 g/mol. The molecule has 2 rings (SSSR count). The molecule has 0 spiro atoms. The summed E-state index contributed by atoms with van der Waals surface area (Å²) in [5.74, 6) is -1.49. The summed E-state index contributed by atoms with van der Waals surface area (Å²) in [7, 11) is 0. The largest absolute Gasteiger partial charge is 0.459 e. The molecule has 2 aliphatic heterocycles. The minimum atomic E-state index is -1.77. The van der Waals surface area contributed by atoms with E-state index in [0.29, 0.717) is 18.8 Å². The van der Waals surface area contributed by atoms with E-state index in [-0.39, 0.29) is 35.9 Å². The van der Waals surface area contributed by atoms with Gasteiger partial charge in [-0.1, -0.05) is 41.5 Å². The number of Topliss-reactive ketones (excluding diaryl/α,β-unsaturated/α-hetero) is 1. The molecule has 12 atom stereocenters. The van der Waals surface area contributed by atoms with Gasteiger partial charge in [-0.3, -0.25) is 9.59 Å². The fourth-order valence-corrected chi connectivity index (χ4v) is 6.25. The molecule has 0 bridgehead atoms. The second-order valence-electron chi connectivity index (χ2n) is 12.0. The van der Waals surface area contributed by atoms with Gasteiger partial charge in [0.05, 0.1) is 24.2 Å². The van der Waals surface area contributed by atoms with Crippen molar-refractivity contribution in [1.82, 2.24) is 0 Å². The summed E-state index contributed by atoms with van der Waals surface area (Å²) in [4.78, 5) is 26.5. The Bertz CT molecular complexity index is 697. The van der Waals surface area contributed by atoms with Gasteiger partial charge in [-0.25, -0.2) is 0 Å². The Morgan fingerprint density at radius 2 is 1.54 bits per heavy atom. The summed E-state index contributed by atoms with van der Waals surface area (Å²) >= 11 is 0. The molecule has 0 amide bonds. The van der Waals surface area contributed by atoms with Crippen molar-refractivity contribution in [3.05, 3.63) is 0 Å². The molecule has 0 radical (unpaired) electrons. The fourth-order valence-electron chi connectivity index (χ4n) is 6.25. The monoisotopic (exact) mass is 498 g/mol. The molecule has 0 aliphatic carbocycles. The van der Waals surface area contributed by atoms with Crippen molar-refractivity contribution in [2.24, 2.45) is 35.5 Å². The van der Waals surface area contributed by atoms with Crippen LogP contribution in [-0.2, 0) is 23.8 Å². The molecule has 0 aromatic rings. The van der Waals surface area contributed by atoms with Crippen LogP contribution in [0.15, 0.2) is 0 Å². The van der Waals surface area contributed by atoms with Crippen LogP contribution in [-0.4, -0.2) is 58.3 Å². The Morgan fingerprint density at radius 1 is 0.943 bits per heavy atom. The Kier molecular flexibility index (Phi) is 10.8. The van der Waals surface area contributed by atoms with E-state index in [1.165, 1.54) is 6.92 Å². The highest BCUT2D eigenvalue weighted by Crippen LogP contribution is 2.35. The van der Waals surface area contributed by atoms with Gasteiger partial charge in [0.1, 0.15) is 17.5 Å². The van der Waals surface area contributed by atoms with E-state index in [4.69, 9.17) is 14.2 Å². The van der Waals surface area contributed by atoms with E-state index in [1.54, 1.807) is 13.8 Å². The summed E-state index contributed by atoms with van der Waals surface area (Å²) in [6, 6.07) is 0. The Hall–Kier alpha value is -1.02. The van der Waals surface area contributed by atoms with Crippen LogP contribution in [0.1, 0.15) is 94.4 Å². The van der Waals surface area contributed by atoms with Crippen LogP contribution in [0, 0.1) is 35.5 Å². The number of aliphatic hydroxyl groups excluding tert-OH is 1. The van der Waals surface area contributed by atoms with Gasteiger partial charge in [0.2, 0.25) is 0 Å². The average Bonchev–Trinajstić information content (AvgIpc) is 2.77. The van der Waals surface area contributed by atoms with Crippen molar-refractivity contribution in [2.75, 3.05) is 0 Å². The lowest BCUT2D eigenvalue weighted by molar-refractivity contribution is -0.240. The number of carbonyl (C=O) groups is 2. The minimum absolute atomic E-state index is 0.0255. The number of ether oxygens (including phenoxy) is 3. The number of cyclic esters (lactones) is 1. The molecule has 204 valence electrons. The third-order valence-electron chi connectivity index (χ3n) is 8.27. The number of carbonyl (C=O) groups excluding carboxylic acids is 2. The highest BCUT2D eigenvalue weighted by atomic mass is 16.7. The standard InChI is InChI=1S/C28H50O7/c1-10-22-28(9,32)26(30)20(7)24(29)17(4)11-15(2)12-18(5)25(21(8)27(31)34-22)35-23-14-16(3)13-19(6)33-23/h15-23,25-26,30,32H,10-14H2,1-9H3/t15-,16+,17+,18+,19-,20-,21+,22+,23-,25-,26+,28+/m0/s1. The van der Waals surface area contributed by atoms with E-state index < -0.39 is 41.7 Å². The number of hydrogen-bond donors (Lipinski definition) is 2. The highest BCUT2D eigenvalue weighted by molar-refractivity contribution is 5.83. The summed E-state index contributed by atoms with van der Waals surface area (Å²) < 4.78 is 18.4. The maximum Gasteiger partial charge on any atom is 0.311 e. The van der Waals surface area contributed by atoms with Gasteiger partial charge in [0.15, 0.2) is 6.29 Å². The molecule has 0 aromatic carbocycles. The zero-order valence-corrected chi connectivity index (χ0v) is 23.3. The molecule has 35 heavy (non-hydrogen) atoms. The molecule has 7 nitrogen and oxygen atoms in total. The first kappa shape index (κ1) is 30.2. The predicted octanol–water partition coefficient (Wildman–Crippen LogP) is 4.51. The maximum absolute atomic E-state index is 13.4. The zero-order valence-electron chi connectivity index (χ0n) is 23.3. The number of hydrogen-bond acceptors (Lipinski definition) is 7. The quantitative estimate of drug-likeness (QED) is 0.552. The number of rotatable bonds is 3. The van der Waals surface area contributed by atoms with Crippen LogP contribution in [0.4, 0.5) is 0 Å². The molecule has 0 aromatic heterocycles. The number of aliphatic hydroxyl groups is 2. The normalized spacial score (nSPS) is 47.1. The lowest BCUT2D eigenvalue weighted by Gasteiger charge is -2.41. The van der Waals surface area contributed by atoms with Gasteiger partial charge < -0.3 is 24.4 Å². The van der Waals surface area contributed by atoms with Crippen molar-refractivity contribution in [1.29, 1.82) is 0 Å². The predicted molar refractivity (Wildman–Crippen MR) is 134 cm³/mol. The van der Waals surface area contributed by atoms with E-state index in [1.807, 2.05) is 20.8 Å². The topological polar surface area (TPSA) is 102 Å². The van der Waals surface area contributed by atoms with E-state index in [9.17, 15) is 19.8 Å². The highest BCUT2D eigenvalue weighted by Gasteiger charge is 2.47. The Morgan fingerprint density at radius 3 is 2.11 bits per heavy atom. The van der Waals surface area contributed by atoms with Crippen molar-refractivity contribution in [3.8, 4) is 0 Å². The summed E-state index contributed by atoms with van der Waals surface area (Å²) in [5, 5.41) is 22.2. The Balaban J connectivity index is 2.38. The smallest absolute Gasteiger partial charge is 0.311 e. The van der Waals surface area contributed by atoms with Crippen LogP contribution < -0.4 is 0 Å². The lowest BCUT2D eigenvalue weighted by atomic mass is 9.76. The van der Waals surface area contributed by atoms with Gasteiger partial charge in [-0.05, 0) is 64.2 Å². The molecule has 2 fully saturated rings. The zero-order chi connectivity index (χ0) is 26.7. The van der Waals surface area contributed by atoms with Gasteiger partial charge in [0.25, 0.3) is 0 Å². The Labute approximate surface area is 212 Å². The van der Waals surface area contributed by atoms with Crippen molar-refractivity contribution < 1.29 is 34.0 Å². The van der Waals surface area contributed by atoms with E-state index >= 15 is 0 Å². The van der Waals surface area contributed by atoms with Gasteiger partial charge >= 0.3 is 5.97 Å². The van der Waals surface area contributed by atoms with Crippen LogP contribution in [0.3, 0.4) is 0 Å². The van der Waals surface area contributed by atoms with Crippen LogP contribution >= 0.6 is 0 Å².